The Morgan fingerprint density at radius 2 is 2.40 bits per heavy atom. The average molecular weight is 301 g/mol. The topological polar surface area (TPSA) is 73.2 Å². The molecule has 1 atom stereocenters. The first-order chi connectivity index (χ1) is 9.63. The van der Waals surface area contributed by atoms with Crippen LogP contribution in [0.1, 0.15) is 26.2 Å². The molecule has 0 saturated carbocycles. The highest BCUT2D eigenvalue weighted by atomic mass is 32.2. The van der Waals surface area contributed by atoms with Crippen molar-refractivity contribution in [3.8, 4) is 0 Å². The van der Waals surface area contributed by atoms with Gasteiger partial charge in [-0.05, 0) is 26.2 Å². The minimum atomic E-state index is -2.91. The lowest BCUT2D eigenvalue weighted by atomic mass is 10.2. The van der Waals surface area contributed by atoms with E-state index in [0.29, 0.717) is 12.3 Å². The summed E-state index contributed by atoms with van der Waals surface area (Å²) in [6.07, 6.45) is 5.97. The van der Waals surface area contributed by atoms with Gasteiger partial charge in [0.25, 0.3) is 0 Å². The van der Waals surface area contributed by atoms with E-state index in [2.05, 4.69) is 10.3 Å². The molecule has 1 aromatic heterocycles. The fourth-order valence-electron chi connectivity index (χ4n) is 2.43. The van der Waals surface area contributed by atoms with E-state index in [1.54, 1.807) is 6.20 Å². The molecule has 6 nitrogen and oxygen atoms in total. The molecule has 0 bridgehead atoms. The average Bonchev–Trinajstić information content (AvgIpc) is 2.97. The fraction of sp³-hybridized carbons (Fsp3) is 0.769. The molecule has 7 heteroatoms. The molecule has 0 amide bonds. The molecular weight excluding hydrogens is 278 g/mol. The molecule has 0 aliphatic carbocycles. The summed E-state index contributed by atoms with van der Waals surface area (Å²) in [5, 5.41) is 2.97. The molecule has 20 heavy (non-hydrogen) atoms. The number of aromatic nitrogens is 2. The number of sulfone groups is 1. The number of nitrogens with zero attached hydrogens (tertiary/aromatic N) is 2. The van der Waals surface area contributed by atoms with Gasteiger partial charge in [0.15, 0.2) is 9.84 Å². The van der Waals surface area contributed by atoms with E-state index >= 15 is 0 Å². The van der Waals surface area contributed by atoms with E-state index in [4.69, 9.17) is 4.74 Å². The highest BCUT2D eigenvalue weighted by Gasteiger charge is 2.31. The molecule has 1 N–H and O–H groups in total. The number of ether oxygens (including phenoxy) is 1. The SMILES string of the molecule is CCOCCCNc1nccn1CC1CCCS1(=O)=O. The molecule has 0 spiro atoms. The van der Waals surface area contributed by atoms with Crippen LogP contribution in [0.25, 0.3) is 0 Å². The standard InChI is InChI=1S/C13H23N3O3S/c1-2-19-9-4-6-14-13-15-7-8-16(13)11-12-5-3-10-20(12,17)18/h7-8,12H,2-6,9-11H2,1H3,(H,14,15). The summed E-state index contributed by atoms with van der Waals surface area (Å²) in [4.78, 5) is 4.24. The molecule has 114 valence electrons. The number of rotatable bonds is 8. The number of hydrogen-bond donors (Lipinski definition) is 1. The Labute approximate surface area is 120 Å². The van der Waals surface area contributed by atoms with E-state index in [1.165, 1.54) is 0 Å². The first kappa shape index (κ1) is 15.3. The van der Waals surface area contributed by atoms with Crippen molar-refractivity contribution < 1.29 is 13.2 Å². The van der Waals surface area contributed by atoms with E-state index in [-0.39, 0.29) is 5.25 Å². The van der Waals surface area contributed by atoms with Crippen LogP contribution in [-0.2, 0) is 21.1 Å². The van der Waals surface area contributed by atoms with Gasteiger partial charge in [0.2, 0.25) is 5.95 Å². The predicted molar refractivity (Wildman–Crippen MR) is 78.6 cm³/mol. The van der Waals surface area contributed by atoms with Crippen molar-refractivity contribution in [3.63, 3.8) is 0 Å². The maximum Gasteiger partial charge on any atom is 0.202 e. The summed E-state index contributed by atoms with van der Waals surface area (Å²) >= 11 is 0. The Morgan fingerprint density at radius 1 is 1.55 bits per heavy atom. The lowest BCUT2D eigenvalue weighted by molar-refractivity contribution is 0.147. The second-order valence-corrected chi connectivity index (χ2v) is 7.41. The van der Waals surface area contributed by atoms with E-state index in [1.807, 2.05) is 17.7 Å². The summed E-state index contributed by atoms with van der Waals surface area (Å²) in [5.41, 5.74) is 0. The molecule has 1 unspecified atom stereocenters. The van der Waals surface area contributed by atoms with Gasteiger partial charge in [-0.2, -0.15) is 0 Å². The van der Waals surface area contributed by atoms with Crippen molar-refractivity contribution in [3.05, 3.63) is 12.4 Å². The number of hydrogen-bond acceptors (Lipinski definition) is 5. The first-order valence-electron chi connectivity index (χ1n) is 7.18. The number of anilines is 1. The highest BCUT2D eigenvalue weighted by molar-refractivity contribution is 7.92. The van der Waals surface area contributed by atoms with Crippen molar-refractivity contribution >= 4 is 15.8 Å². The van der Waals surface area contributed by atoms with E-state index in [0.717, 1.165) is 45.0 Å². The number of nitrogens with one attached hydrogen (secondary N) is 1. The van der Waals surface area contributed by atoms with Crippen molar-refractivity contribution in [2.75, 3.05) is 30.8 Å². The van der Waals surface area contributed by atoms with Gasteiger partial charge in [-0.1, -0.05) is 0 Å². The lowest BCUT2D eigenvalue weighted by Crippen LogP contribution is -2.23. The molecule has 1 aliphatic rings. The zero-order valence-electron chi connectivity index (χ0n) is 11.9. The predicted octanol–water partition coefficient (Wildman–Crippen LogP) is 1.30. The molecule has 1 saturated heterocycles. The largest absolute Gasteiger partial charge is 0.382 e. The summed E-state index contributed by atoms with van der Waals surface area (Å²) in [7, 11) is -2.91. The van der Waals surface area contributed by atoms with Crippen LogP contribution in [0.4, 0.5) is 5.95 Å². The molecule has 2 heterocycles. The smallest absolute Gasteiger partial charge is 0.202 e. The van der Waals surface area contributed by atoms with Crippen molar-refractivity contribution in [1.82, 2.24) is 9.55 Å². The summed E-state index contributed by atoms with van der Waals surface area (Å²) in [6, 6.07) is 0. The van der Waals surface area contributed by atoms with Crippen LogP contribution in [0, 0.1) is 0 Å². The minimum absolute atomic E-state index is 0.263. The molecule has 0 radical (unpaired) electrons. The Balaban J connectivity index is 1.85. The van der Waals surface area contributed by atoms with Gasteiger partial charge in [-0.15, -0.1) is 0 Å². The van der Waals surface area contributed by atoms with Crippen LogP contribution in [0.3, 0.4) is 0 Å². The Kier molecular flexibility index (Phi) is 5.42. The van der Waals surface area contributed by atoms with Gasteiger partial charge in [0.05, 0.1) is 11.0 Å². The monoisotopic (exact) mass is 301 g/mol. The molecule has 0 aromatic carbocycles. The van der Waals surface area contributed by atoms with E-state index in [9.17, 15) is 8.42 Å². The summed E-state index contributed by atoms with van der Waals surface area (Å²) in [5.74, 6) is 1.06. The zero-order valence-corrected chi connectivity index (χ0v) is 12.7. The Morgan fingerprint density at radius 3 is 3.10 bits per heavy atom. The summed E-state index contributed by atoms with van der Waals surface area (Å²) in [6.45, 7) is 4.70. The number of imidazole rings is 1. The van der Waals surface area contributed by atoms with Crippen molar-refractivity contribution in [1.29, 1.82) is 0 Å². The van der Waals surface area contributed by atoms with Crippen LogP contribution in [-0.4, -0.2) is 48.7 Å². The fourth-order valence-corrected chi connectivity index (χ4v) is 4.24. The maximum absolute atomic E-state index is 11.9. The second-order valence-electron chi connectivity index (χ2n) is 5.01. The van der Waals surface area contributed by atoms with Gasteiger partial charge in [0, 0.05) is 38.7 Å². The molecule has 1 fully saturated rings. The maximum atomic E-state index is 11.9. The molecule has 1 aliphatic heterocycles. The van der Waals surface area contributed by atoms with Crippen LogP contribution < -0.4 is 5.32 Å². The van der Waals surface area contributed by atoms with Gasteiger partial charge in [-0.25, -0.2) is 13.4 Å². The third-order valence-corrected chi connectivity index (χ3v) is 5.79. The quantitative estimate of drug-likeness (QED) is 0.733. The molecular formula is C13H23N3O3S. The third kappa shape index (κ3) is 3.96. The highest BCUT2D eigenvalue weighted by Crippen LogP contribution is 2.22. The van der Waals surface area contributed by atoms with Crippen LogP contribution >= 0.6 is 0 Å². The van der Waals surface area contributed by atoms with Crippen molar-refractivity contribution in [2.45, 2.75) is 38.0 Å². The zero-order chi connectivity index (χ0) is 14.4. The molecule has 2 rings (SSSR count). The van der Waals surface area contributed by atoms with Crippen LogP contribution in [0.2, 0.25) is 0 Å². The summed E-state index contributed by atoms with van der Waals surface area (Å²) < 4.78 is 30.9. The van der Waals surface area contributed by atoms with Gasteiger partial charge < -0.3 is 14.6 Å². The van der Waals surface area contributed by atoms with Gasteiger partial charge in [0.1, 0.15) is 0 Å². The lowest BCUT2D eigenvalue weighted by Gasteiger charge is -2.13. The Hall–Kier alpha value is -1.08. The Bertz CT molecular complexity index is 513. The van der Waals surface area contributed by atoms with Crippen LogP contribution in [0.15, 0.2) is 12.4 Å². The molecule has 1 aromatic rings. The second kappa shape index (κ2) is 7.08. The minimum Gasteiger partial charge on any atom is -0.382 e. The third-order valence-electron chi connectivity index (χ3n) is 3.53. The van der Waals surface area contributed by atoms with Gasteiger partial charge >= 0.3 is 0 Å². The van der Waals surface area contributed by atoms with Crippen molar-refractivity contribution in [2.24, 2.45) is 0 Å². The van der Waals surface area contributed by atoms with Gasteiger partial charge in [-0.3, -0.25) is 0 Å². The first-order valence-corrected chi connectivity index (χ1v) is 8.89. The normalized spacial score (nSPS) is 21.1. The van der Waals surface area contributed by atoms with Crippen LogP contribution in [0.5, 0.6) is 0 Å². The van der Waals surface area contributed by atoms with E-state index < -0.39 is 9.84 Å².